The summed E-state index contributed by atoms with van der Waals surface area (Å²) in [6.07, 6.45) is 0. The van der Waals surface area contributed by atoms with Crippen LogP contribution in [0.5, 0.6) is 0 Å². The summed E-state index contributed by atoms with van der Waals surface area (Å²) >= 11 is 1.53. The van der Waals surface area contributed by atoms with Gasteiger partial charge in [0.05, 0.1) is 4.88 Å². The molecule has 4 rings (SSSR count). The van der Waals surface area contributed by atoms with E-state index in [1.54, 1.807) is 11.8 Å². The molecule has 0 aliphatic carbocycles. The largest absolute Gasteiger partial charge is 0.339 e. The molecule has 0 bridgehead atoms. The highest BCUT2D eigenvalue weighted by atomic mass is 32.1. The first kappa shape index (κ1) is 16.8. The summed E-state index contributed by atoms with van der Waals surface area (Å²) in [6.45, 7) is 4.00. The second-order valence-electron chi connectivity index (χ2n) is 6.52. The zero-order valence-electron chi connectivity index (χ0n) is 14.6. The van der Waals surface area contributed by atoms with E-state index in [0.717, 1.165) is 15.3 Å². The highest BCUT2D eigenvalue weighted by Crippen LogP contribution is 2.31. The Morgan fingerprint density at radius 2 is 1.54 bits per heavy atom. The van der Waals surface area contributed by atoms with Crippen molar-refractivity contribution in [2.75, 3.05) is 26.2 Å². The number of fused-ring (bicyclic) bond motifs is 1. The van der Waals surface area contributed by atoms with Gasteiger partial charge in [-0.15, -0.1) is 11.3 Å². The first-order valence-corrected chi connectivity index (χ1v) is 9.57. The Labute approximate surface area is 156 Å². The molecule has 1 saturated heterocycles. The molecule has 0 N–H and O–H groups in total. The number of carbonyl (C=O) groups excluding carboxylic acids is 2. The van der Waals surface area contributed by atoms with Gasteiger partial charge in [-0.25, -0.2) is 0 Å². The van der Waals surface area contributed by atoms with Crippen molar-refractivity contribution in [1.82, 2.24) is 9.80 Å². The third-order valence-electron chi connectivity index (χ3n) is 4.86. The van der Waals surface area contributed by atoms with Crippen LogP contribution in [0.3, 0.4) is 0 Å². The first-order valence-electron chi connectivity index (χ1n) is 8.75. The second kappa shape index (κ2) is 6.92. The average molecular weight is 364 g/mol. The van der Waals surface area contributed by atoms with Gasteiger partial charge in [-0.2, -0.15) is 0 Å². The van der Waals surface area contributed by atoms with Crippen LogP contribution in [0, 0.1) is 0 Å². The number of nitrogens with zero attached hydrogens (tertiary/aromatic N) is 2. The summed E-state index contributed by atoms with van der Waals surface area (Å²) in [6, 6.07) is 18.6. The molecule has 26 heavy (non-hydrogen) atoms. The van der Waals surface area contributed by atoms with E-state index in [-0.39, 0.29) is 11.8 Å². The molecule has 2 heterocycles. The molecule has 1 fully saturated rings. The standard InChI is InChI=1S/C21H20N2O2S/c1-15(24)22-10-12-23(13-11-22)21(25)20-9-8-19(26-20)18-7-6-16-4-2-3-5-17(16)14-18/h2-9,14H,10-13H2,1H3. The Hall–Kier alpha value is -2.66. The van der Waals surface area contributed by atoms with E-state index in [4.69, 9.17) is 0 Å². The van der Waals surface area contributed by atoms with Gasteiger partial charge in [-0.1, -0.05) is 36.4 Å². The van der Waals surface area contributed by atoms with Crippen LogP contribution in [-0.2, 0) is 4.79 Å². The lowest BCUT2D eigenvalue weighted by atomic mass is 10.1. The van der Waals surface area contributed by atoms with E-state index in [1.807, 2.05) is 29.2 Å². The Morgan fingerprint density at radius 1 is 0.846 bits per heavy atom. The third kappa shape index (κ3) is 3.22. The third-order valence-corrected chi connectivity index (χ3v) is 5.99. The van der Waals surface area contributed by atoms with E-state index in [2.05, 4.69) is 30.3 Å². The number of rotatable bonds is 2. The maximum atomic E-state index is 12.8. The minimum absolute atomic E-state index is 0.0604. The lowest BCUT2D eigenvalue weighted by Gasteiger charge is -2.33. The second-order valence-corrected chi connectivity index (χ2v) is 7.61. The SMILES string of the molecule is CC(=O)N1CCN(C(=O)c2ccc(-c3ccc4ccccc4c3)s2)CC1. The zero-order valence-corrected chi connectivity index (χ0v) is 15.5. The Bertz CT molecular complexity index is 971. The molecule has 4 nitrogen and oxygen atoms in total. The normalized spacial score (nSPS) is 14.7. The Balaban J connectivity index is 1.52. The zero-order chi connectivity index (χ0) is 18.1. The van der Waals surface area contributed by atoms with Crippen molar-refractivity contribution in [1.29, 1.82) is 0 Å². The number of hydrogen-bond donors (Lipinski definition) is 0. The Morgan fingerprint density at radius 3 is 2.27 bits per heavy atom. The van der Waals surface area contributed by atoms with Crippen molar-refractivity contribution in [3.8, 4) is 10.4 Å². The van der Waals surface area contributed by atoms with E-state index >= 15 is 0 Å². The fourth-order valence-corrected chi connectivity index (χ4v) is 4.30. The highest BCUT2D eigenvalue weighted by Gasteiger charge is 2.24. The highest BCUT2D eigenvalue weighted by molar-refractivity contribution is 7.17. The molecule has 0 radical (unpaired) electrons. The van der Waals surface area contributed by atoms with Crippen molar-refractivity contribution in [2.45, 2.75) is 6.92 Å². The van der Waals surface area contributed by atoms with Gasteiger partial charge in [0.1, 0.15) is 0 Å². The molecule has 0 unspecified atom stereocenters. The van der Waals surface area contributed by atoms with Crippen LogP contribution in [0.15, 0.2) is 54.6 Å². The molecular weight excluding hydrogens is 344 g/mol. The number of hydrogen-bond acceptors (Lipinski definition) is 3. The predicted molar refractivity (Wildman–Crippen MR) is 105 cm³/mol. The smallest absolute Gasteiger partial charge is 0.264 e. The summed E-state index contributed by atoms with van der Waals surface area (Å²) in [5.41, 5.74) is 1.13. The summed E-state index contributed by atoms with van der Waals surface area (Å²) in [5.74, 6) is 0.136. The maximum absolute atomic E-state index is 12.8. The van der Waals surface area contributed by atoms with Crippen molar-refractivity contribution in [2.24, 2.45) is 0 Å². The molecule has 3 aromatic rings. The molecule has 2 amide bonds. The minimum atomic E-state index is 0.0604. The fraction of sp³-hybridized carbons (Fsp3) is 0.238. The topological polar surface area (TPSA) is 40.6 Å². The van der Waals surface area contributed by atoms with Gasteiger partial charge < -0.3 is 9.80 Å². The number of benzene rings is 2. The van der Waals surface area contributed by atoms with Gasteiger partial charge in [0.25, 0.3) is 5.91 Å². The number of amides is 2. The van der Waals surface area contributed by atoms with Crippen molar-refractivity contribution in [3.05, 3.63) is 59.5 Å². The van der Waals surface area contributed by atoms with Gasteiger partial charge in [-0.05, 0) is 34.5 Å². The van der Waals surface area contributed by atoms with Crippen molar-refractivity contribution >= 4 is 33.9 Å². The molecule has 0 saturated carbocycles. The number of carbonyl (C=O) groups is 2. The van der Waals surface area contributed by atoms with Gasteiger partial charge in [0.2, 0.25) is 5.91 Å². The molecule has 1 aliphatic heterocycles. The van der Waals surface area contributed by atoms with Gasteiger partial charge >= 0.3 is 0 Å². The summed E-state index contributed by atoms with van der Waals surface area (Å²) in [4.78, 5) is 29.7. The quantitative estimate of drug-likeness (QED) is 0.692. The van der Waals surface area contributed by atoms with Crippen LogP contribution >= 0.6 is 11.3 Å². The maximum Gasteiger partial charge on any atom is 0.264 e. The summed E-state index contributed by atoms with van der Waals surface area (Å²) < 4.78 is 0. The van der Waals surface area contributed by atoms with Gasteiger partial charge in [0.15, 0.2) is 0 Å². The number of thiophene rings is 1. The summed E-state index contributed by atoms with van der Waals surface area (Å²) in [5, 5.41) is 2.42. The van der Waals surface area contributed by atoms with Crippen LogP contribution in [0.2, 0.25) is 0 Å². The monoisotopic (exact) mass is 364 g/mol. The van der Waals surface area contributed by atoms with Crippen molar-refractivity contribution < 1.29 is 9.59 Å². The summed E-state index contributed by atoms with van der Waals surface area (Å²) in [7, 11) is 0. The Kier molecular flexibility index (Phi) is 4.47. The van der Waals surface area contributed by atoms with Crippen LogP contribution in [0.25, 0.3) is 21.2 Å². The van der Waals surface area contributed by atoms with Crippen LogP contribution in [0.1, 0.15) is 16.6 Å². The first-order chi connectivity index (χ1) is 12.6. The van der Waals surface area contributed by atoms with Crippen LogP contribution < -0.4 is 0 Å². The van der Waals surface area contributed by atoms with E-state index in [0.29, 0.717) is 26.2 Å². The molecule has 132 valence electrons. The number of piperazine rings is 1. The molecular formula is C21H20N2O2S. The molecule has 0 atom stereocenters. The lowest BCUT2D eigenvalue weighted by molar-refractivity contribution is -0.130. The molecule has 2 aromatic carbocycles. The van der Waals surface area contributed by atoms with E-state index in [1.165, 1.54) is 22.1 Å². The van der Waals surface area contributed by atoms with E-state index in [9.17, 15) is 9.59 Å². The molecule has 0 spiro atoms. The molecule has 1 aliphatic rings. The molecule has 1 aromatic heterocycles. The average Bonchev–Trinajstić information content (AvgIpc) is 3.17. The predicted octanol–water partition coefficient (Wildman–Crippen LogP) is 3.87. The van der Waals surface area contributed by atoms with Crippen LogP contribution in [0.4, 0.5) is 0 Å². The lowest BCUT2D eigenvalue weighted by Crippen LogP contribution is -2.49. The van der Waals surface area contributed by atoms with E-state index < -0.39 is 0 Å². The molecule has 5 heteroatoms. The fourth-order valence-electron chi connectivity index (χ4n) is 3.33. The minimum Gasteiger partial charge on any atom is -0.339 e. The van der Waals surface area contributed by atoms with Crippen molar-refractivity contribution in [3.63, 3.8) is 0 Å². The van der Waals surface area contributed by atoms with Gasteiger partial charge in [-0.3, -0.25) is 9.59 Å². The van der Waals surface area contributed by atoms with Crippen LogP contribution in [-0.4, -0.2) is 47.8 Å². The van der Waals surface area contributed by atoms with Gasteiger partial charge in [0, 0.05) is 38.0 Å².